The van der Waals surface area contributed by atoms with Crippen molar-refractivity contribution in [2.75, 3.05) is 6.54 Å². The van der Waals surface area contributed by atoms with E-state index in [-0.39, 0.29) is 6.04 Å². The number of aromatic hydroxyl groups is 1. The smallest absolute Gasteiger partial charge is 0.192 e. The van der Waals surface area contributed by atoms with Gasteiger partial charge in [-0.1, -0.05) is 25.0 Å². The number of aryl methyl sites for hydroxylation is 2. The molecule has 1 fully saturated rings. The minimum Gasteiger partial charge on any atom is -0.507 e. The molecule has 0 saturated heterocycles. The highest BCUT2D eigenvalue weighted by Crippen LogP contribution is 2.36. The predicted octanol–water partition coefficient (Wildman–Crippen LogP) is 2.62. The molecule has 1 heterocycles. The van der Waals surface area contributed by atoms with Crippen LogP contribution in [0.4, 0.5) is 0 Å². The average molecular weight is 273 g/mol. The normalized spacial score (nSPS) is 23.4. The van der Waals surface area contributed by atoms with Crippen LogP contribution in [-0.2, 0) is 0 Å². The Morgan fingerprint density at radius 2 is 1.80 bits per heavy atom. The van der Waals surface area contributed by atoms with Crippen molar-refractivity contribution in [2.45, 2.75) is 51.6 Å². The molecule has 20 heavy (non-hydrogen) atoms. The van der Waals surface area contributed by atoms with Crippen LogP contribution in [0.1, 0.15) is 48.4 Å². The Bertz CT molecular complexity index is 524. The molecule has 3 N–H and O–H groups in total. The summed E-state index contributed by atoms with van der Waals surface area (Å²) in [6, 6.07) is 4.91. The van der Waals surface area contributed by atoms with Gasteiger partial charge in [0, 0.05) is 6.04 Å². The number of nitrogens with zero attached hydrogens (tertiary/aromatic N) is 2. The molecule has 1 aromatic rings. The van der Waals surface area contributed by atoms with Gasteiger partial charge in [-0.25, -0.2) is 0 Å². The number of nitrogens with two attached hydrogens (primary N) is 1. The van der Waals surface area contributed by atoms with Crippen LogP contribution in [0, 0.1) is 13.8 Å². The number of hydrogen-bond acceptors (Lipinski definition) is 4. The zero-order chi connectivity index (χ0) is 14.3. The zero-order valence-corrected chi connectivity index (χ0v) is 12.3. The van der Waals surface area contributed by atoms with Crippen molar-refractivity contribution >= 4 is 5.96 Å². The van der Waals surface area contributed by atoms with E-state index in [4.69, 9.17) is 5.73 Å². The highest BCUT2D eigenvalue weighted by molar-refractivity contribution is 5.81. The summed E-state index contributed by atoms with van der Waals surface area (Å²) in [5.41, 5.74) is 9.19. The number of benzene rings is 1. The topological polar surface area (TPSA) is 61.8 Å². The van der Waals surface area contributed by atoms with Gasteiger partial charge in [0.05, 0.1) is 12.6 Å². The molecule has 4 heteroatoms. The molecule has 0 amide bonds. The van der Waals surface area contributed by atoms with Crippen molar-refractivity contribution in [1.29, 1.82) is 0 Å². The molecule has 2 aliphatic rings. The summed E-state index contributed by atoms with van der Waals surface area (Å²) in [5, 5.41) is 9.94. The Morgan fingerprint density at radius 1 is 1.20 bits per heavy atom. The van der Waals surface area contributed by atoms with E-state index in [2.05, 4.69) is 22.0 Å². The Balaban J connectivity index is 1.93. The van der Waals surface area contributed by atoms with E-state index in [1.807, 2.05) is 13.8 Å². The summed E-state index contributed by atoms with van der Waals surface area (Å²) in [5.74, 6) is 1.08. The summed E-state index contributed by atoms with van der Waals surface area (Å²) >= 11 is 0. The maximum Gasteiger partial charge on any atom is 0.192 e. The second-order valence-electron chi connectivity index (χ2n) is 6.06. The molecule has 1 aliphatic heterocycles. The number of rotatable bonds is 2. The highest BCUT2D eigenvalue weighted by Gasteiger charge is 2.34. The first-order valence-corrected chi connectivity index (χ1v) is 7.46. The summed E-state index contributed by atoms with van der Waals surface area (Å²) < 4.78 is 0. The van der Waals surface area contributed by atoms with Gasteiger partial charge < -0.3 is 15.7 Å². The predicted molar refractivity (Wildman–Crippen MR) is 80.9 cm³/mol. The number of hydrogen-bond donors (Lipinski definition) is 2. The fourth-order valence-corrected chi connectivity index (χ4v) is 3.58. The Kier molecular flexibility index (Phi) is 3.32. The van der Waals surface area contributed by atoms with E-state index >= 15 is 0 Å². The molecule has 108 valence electrons. The Morgan fingerprint density at radius 3 is 2.40 bits per heavy atom. The SMILES string of the molecule is Cc1cc(C2CN=C(N)N2C2CCCC2)cc(C)c1O. The monoisotopic (exact) mass is 273 g/mol. The standard InChI is InChI=1S/C16H23N3O/c1-10-7-12(8-11(2)15(10)20)14-9-18-16(17)19(14)13-5-3-4-6-13/h7-8,13-14,20H,3-6,9H2,1-2H3,(H2,17,18). The summed E-state index contributed by atoms with van der Waals surface area (Å²) in [6.07, 6.45) is 5.00. The maximum atomic E-state index is 9.94. The van der Waals surface area contributed by atoms with Crippen LogP contribution in [0.3, 0.4) is 0 Å². The van der Waals surface area contributed by atoms with Crippen molar-refractivity contribution < 1.29 is 5.11 Å². The second kappa shape index (κ2) is 5.00. The first kappa shape index (κ1) is 13.3. The lowest BCUT2D eigenvalue weighted by Crippen LogP contribution is -2.42. The van der Waals surface area contributed by atoms with Gasteiger partial charge in [-0.15, -0.1) is 0 Å². The lowest BCUT2D eigenvalue weighted by molar-refractivity contribution is 0.262. The molecule has 1 aromatic carbocycles. The second-order valence-corrected chi connectivity index (χ2v) is 6.06. The molecule has 1 saturated carbocycles. The van der Waals surface area contributed by atoms with Crippen LogP contribution in [0.25, 0.3) is 0 Å². The van der Waals surface area contributed by atoms with E-state index in [0.29, 0.717) is 17.8 Å². The third-order valence-corrected chi connectivity index (χ3v) is 4.64. The van der Waals surface area contributed by atoms with Crippen LogP contribution in [0.5, 0.6) is 5.75 Å². The summed E-state index contributed by atoms with van der Waals surface area (Å²) in [4.78, 5) is 6.76. The lowest BCUT2D eigenvalue weighted by Gasteiger charge is -2.32. The minimum atomic E-state index is 0.232. The molecular formula is C16H23N3O. The number of guanidine groups is 1. The number of phenolic OH excluding ortho intramolecular Hbond substituents is 1. The number of phenols is 1. The lowest BCUT2D eigenvalue weighted by atomic mass is 9.98. The van der Waals surface area contributed by atoms with Crippen molar-refractivity contribution in [2.24, 2.45) is 10.7 Å². The van der Waals surface area contributed by atoms with E-state index in [9.17, 15) is 5.11 Å². The third kappa shape index (κ3) is 2.13. The third-order valence-electron chi connectivity index (χ3n) is 4.64. The van der Waals surface area contributed by atoms with Crippen LogP contribution >= 0.6 is 0 Å². The Labute approximate surface area is 120 Å². The molecule has 0 radical (unpaired) electrons. The molecule has 1 aliphatic carbocycles. The molecule has 0 bridgehead atoms. The molecule has 1 atom stereocenters. The van der Waals surface area contributed by atoms with Gasteiger partial charge in [0.25, 0.3) is 0 Å². The fraction of sp³-hybridized carbons (Fsp3) is 0.562. The van der Waals surface area contributed by atoms with E-state index in [1.54, 1.807) is 0 Å². The Hall–Kier alpha value is -1.71. The van der Waals surface area contributed by atoms with Gasteiger partial charge in [0.1, 0.15) is 5.75 Å². The maximum absolute atomic E-state index is 9.94. The van der Waals surface area contributed by atoms with Gasteiger partial charge in [-0.2, -0.15) is 0 Å². The molecule has 3 rings (SSSR count). The van der Waals surface area contributed by atoms with Crippen LogP contribution in [0.15, 0.2) is 17.1 Å². The van der Waals surface area contributed by atoms with Crippen molar-refractivity contribution in [3.05, 3.63) is 28.8 Å². The van der Waals surface area contributed by atoms with Gasteiger partial charge in [-0.3, -0.25) is 4.99 Å². The van der Waals surface area contributed by atoms with E-state index in [0.717, 1.165) is 17.7 Å². The number of aliphatic imine (C=N–C) groups is 1. The van der Waals surface area contributed by atoms with Crippen LogP contribution in [-0.4, -0.2) is 28.6 Å². The first-order valence-electron chi connectivity index (χ1n) is 7.46. The summed E-state index contributed by atoms with van der Waals surface area (Å²) in [6.45, 7) is 4.63. The summed E-state index contributed by atoms with van der Waals surface area (Å²) in [7, 11) is 0. The minimum absolute atomic E-state index is 0.232. The van der Waals surface area contributed by atoms with Gasteiger partial charge in [-0.05, 0) is 43.4 Å². The van der Waals surface area contributed by atoms with E-state index < -0.39 is 0 Å². The quantitative estimate of drug-likeness (QED) is 0.870. The molecule has 4 nitrogen and oxygen atoms in total. The van der Waals surface area contributed by atoms with Crippen molar-refractivity contribution in [3.63, 3.8) is 0 Å². The molecule has 0 spiro atoms. The first-order chi connectivity index (χ1) is 9.58. The van der Waals surface area contributed by atoms with Crippen LogP contribution < -0.4 is 5.73 Å². The average Bonchev–Trinajstić information content (AvgIpc) is 3.04. The fourth-order valence-electron chi connectivity index (χ4n) is 3.58. The van der Waals surface area contributed by atoms with Crippen LogP contribution in [0.2, 0.25) is 0 Å². The van der Waals surface area contributed by atoms with E-state index in [1.165, 1.54) is 31.2 Å². The van der Waals surface area contributed by atoms with Gasteiger partial charge in [0.15, 0.2) is 5.96 Å². The zero-order valence-electron chi connectivity index (χ0n) is 12.3. The van der Waals surface area contributed by atoms with Gasteiger partial charge in [0.2, 0.25) is 0 Å². The molecule has 0 aromatic heterocycles. The molecule has 1 unspecified atom stereocenters. The largest absolute Gasteiger partial charge is 0.507 e. The highest BCUT2D eigenvalue weighted by atomic mass is 16.3. The van der Waals surface area contributed by atoms with Crippen molar-refractivity contribution in [3.8, 4) is 5.75 Å². The molecular weight excluding hydrogens is 250 g/mol. The van der Waals surface area contributed by atoms with Crippen molar-refractivity contribution in [1.82, 2.24) is 4.90 Å². The van der Waals surface area contributed by atoms with Gasteiger partial charge >= 0.3 is 0 Å².